The molecule has 0 spiro atoms. The van der Waals surface area contributed by atoms with Gasteiger partial charge in [0.15, 0.2) is 0 Å². The lowest BCUT2D eigenvalue weighted by atomic mass is 10.2. The van der Waals surface area contributed by atoms with E-state index < -0.39 is 0 Å². The predicted molar refractivity (Wildman–Crippen MR) is 65.4 cm³/mol. The monoisotopic (exact) mass is 284 g/mol. The highest BCUT2D eigenvalue weighted by Crippen LogP contribution is 2.21. The molecule has 1 aliphatic rings. The molecule has 1 atom stereocenters. The summed E-state index contributed by atoms with van der Waals surface area (Å²) in [7, 11) is 0. The number of halogens is 1. The maximum atomic E-state index is 11.8. The Hall–Kier alpha value is -0.910. The molecule has 1 heterocycles. The van der Waals surface area contributed by atoms with Crippen molar-refractivity contribution >= 4 is 27.5 Å². The Kier molecular flexibility index (Phi) is 3.93. The van der Waals surface area contributed by atoms with Gasteiger partial charge in [0.1, 0.15) is 6.04 Å². The van der Waals surface area contributed by atoms with Gasteiger partial charge in [-0.05, 0) is 28.1 Å². The summed E-state index contributed by atoms with van der Waals surface area (Å²) in [5.74, 6) is -0.0633. The first-order chi connectivity index (χ1) is 7.77. The van der Waals surface area contributed by atoms with Crippen molar-refractivity contribution in [3.8, 4) is 0 Å². The standard InChI is InChI=1S/C11H13BrN2O2/c12-8-3-1-2-4-9(8)14-11(15)10-7-16-6-5-13-10/h1-4,10,13H,5-7H2,(H,14,15). The molecular formula is C11H13BrN2O2. The molecule has 16 heavy (non-hydrogen) atoms. The van der Waals surface area contributed by atoms with Gasteiger partial charge in [-0.2, -0.15) is 0 Å². The van der Waals surface area contributed by atoms with Crippen molar-refractivity contribution in [1.29, 1.82) is 0 Å². The van der Waals surface area contributed by atoms with E-state index in [1.807, 2.05) is 24.3 Å². The molecule has 4 nitrogen and oxygen atoms in total. The third-order valence-corrected chi connectivity index (χ3v) is 3.06. The minimum Gasteiger partial charge on any atom is -0.378 e. The Morgan fingerprint density at radius 3 is 3.00 bits per heavy atom. The maximum Gasteiger partial charge on any atom is 0.243 e. The zero-order valence-corrected chi connectivity index (χ0v) is 10.3. The molecule has 0 aliphatic carbocycles. The molecule has 1 aromatic carbocycles. The highest BCUT2D eigenvalue weighted by Gasteiger charge is 2.21. The van der Waals surface area contributed by atoms with Crippen molar-refractivity contribution in [1.82, 2.24) is 5.32 Å². The average Bonchev–Trinajstić information content (AvgIpc) is 2.33. The number of morpholine rings is 1. The zero-order valence-electron chi connectivity index (χ0n) is 8.70. The summed E-state index contributed by atoms with van der Waals surface area (Å²) in [4.78, 5) is 11.8. The smallest absolute Gasteiger partial charge is 0.243 e. The minimum absolute atomic E-state index is 0.0633. The van der Waals surface area contributed by atoms with Gasteiger partial charge < -0.3 is 15.4 Å². The molecule has 5 heteroatoms. The van der Waals surface area contributed by atoms with Crippen LogP contribution in [-0.4, -0.2) is 31.7 Å². The molecule has 1 aromatic rings. The van der Waals surface area contributed by atoms with Gasteiger partial charge >= 0.3 is 0 Å². The van der Waals surface area contributed by atoms with Crippen LogP contribution >= 0.6 is 15.9 Å². The number of nitrogens with one attached hydrogen (secondary N) is 2. The van der Waals surface area contributed by atoms with Crippen LogP contribution in [0.3, 0.4) is 0 Å². The number of hydrogen-bond donors (Lipinski definition) is 2. The second-order valence-electron chi connectivity index (χ2n) is 3.55. The predicted octanol–water partition coefficient (Wildman–Crippen LogP) is 1.38. The van der Waals surface area contributed by atoms with Crippen LogP contribution < -0.4 is 10.6 Å². The van der Waals surface area contributed by atoms with Gasteiger partial charge in [0.25, 0.3) is 0 Å². The van der Waals surface area contributed by atoms with Gasteiger partial charge in [-0.3, -0.25) is 4.79 Å². The number of amides is 1. The molecule has 2 rings (SSSR count). The fraction of sp³-hybridized carbons (Fsp3) is 0.364. The van der Waals surface area contributed by atoms with E-state index in [-0.39, 0.29) is 11.9 Å². The van der Waals surface area contributed by atoms with Gasteiger partial charge in [-0.1, -0.05) is 12.1 Å². The number of carbonyl (C=O) groups excluding carboxylic acids is 1. The van der Waals surface area contributed by atoms with E-state index in [9.17, 15) is 4.79 Å². The van der Waals surface area contributed by atoms with Crippen molar-refractivity contribution in [3.63, 3.8) is 0 Å². The summed E-state index contributed by atoms with van der Waals surface area (Å²) in [5, 5.41) is 5.96. The summed E-state index contributed by atoms with van der Waals surface area (Å²) in [6.45, 7) is 1.81. The summed E-state index contributed by atoms with van der Waals surface area (Å²) >= 11 is 3.38. The van der Waals surface area contributed by atoms with Gasteiger partial charge in [-0.25, -0.2) is 0 Å². The van der Waals surface area contributed by atoms with Crippen LogP contribution in [0.2, 0.25) is 0 Å². The van der Waals surface area contributed by atoms with E-state index in [0.717, 1.165) is 10.2 Å². The van der Waals surface area contributed by atoms with Crippen molar-refractivity contribution in [2.24, 2.45) is 0 Å². The van der Waals surface area contributed by atoms with Crippen LogP contribution in [-0.2, 0) is 9.53 Å². The number of benzene rings is 1. The summed E-state index contributed by atoms with van der Waals surface area (Å²) in [6.07, 6.45) is 0. The van der Waals surface area contributed by atoms with Crippen LogP contribution in [0, 0.1) is 0 Å². The van der Waals surface area contributed by atoms with Gasteiger partial charge in [0, 0.05) is 11.0 Å². The number of para-hydroxylation sites is 1. The Bertz CT molecular complexity index is 378. The normalized spacial score (nSPS) is 20.4. The first kappa shape index (κ1) is 11.6. The van der Waals surface area contributed by atoms with Crippen molar-refractivity contribution in [2.45, 2.75) is 6.04 Å². The number of hydrogen-bond acceptors (Lipinski definition) is 3. The number of rotatable bonds is 2. The topological polar surface area (TPSA) is 50.4 Å². The largest absolute Gasteiger partial charge is 0.378 e. The van der Waals surface area contributed by atoms with Gasteiger partial charge in [-0.15, -0.1) is 0 Å². The molecule has 1 aliphatic heterocycles. The third kappa shape index (κ3) is 2.81. The zero-order chi connectivity index (χ0) is 11.4. The van der Waals surface area contributed by atoms with Crippen LogP contribution in [0.5, 0.6) is 0 Å². The molecular weight excluding hydrogens is 272 g/mol. The summed E-state index contributed by atoms with van der Waals surface area (Å²) in [5.41, 5.74) is 0.778. The maximum absolute atomic E-state index is 11.8. The van der Waals surface area contributed by atoms with Gasteiger partial charge in [0.2, 0.25) is 5.91 Å². The first-order valence-electron chi connectivity index (χ1n) is 5.14. The highest BCUT2D eigenvalue weighted by molar-refractivity contribution is 9.10. The molecule has 0 saturated carbocycles. The molecule has 1 fully saturated rings. The number of anilines is 1. The molecule has 0 bridgehead atoms. The molecule has 1 saturated heterocycles. The lowest BCUT2D eigenvalue weighted by Gasteiger charge is -2.23. The molecule has 1 unspecified atom stereocenters. The second kappa shape index (κ2) is 5.43. The fourth-order valence-electron chi connectivity index (χ4n) is 1.52. The van der Waals surface area contributed by atoms with E-state index in [1.54, 1.807) is 0 Å². The Morgan fingerprint density at radius 1 is 1.50 bits per heavy atom. The molecule has 0 aromatic heterocycles. The van der Waals surface area contributed by atoms with Crippen molar-refractivity contribution in [2.75, 3.05) is 25.1 Å². The van der Waals surface area contributed by atoms with Crippen LogP contribution in [0.25, 0.3) is 0 Å². The van der Waals surface area contributed by atoms with E-state index in [1.165, 1.54) is 0 Å². The molecule has 1 amide bonds. The lowest BCUT2D eigenvalue weighted by Crippen LogP contribution is -2.48. The first-order valence-corrected chi connectivity index (χ1v) is 5.93. The Labute approximate surface area is 102 Å². The molecule has 2 N–H and O–H groups in total. The van der Waals surface area contributed by atoms with Crippen LogP contribution in [0.15, 0.2) is 28.7 Å². The van der Waals surface area contributed by atoms with E-state index in [2.05, 4.69) is 26.6 Å². The average molecular weight is 285 g/mol. The third-order valence-electron chi connectivity index (χ3n) is 2.37. The fourth-order valence-corrected chi connectivity index (χ4v) is 1.90. The van der Waals surface area contributed by atoms with E-state index >= 15 is 0 Å². The van der Waals surface area contributed by atoms with Crippen molar-refractivity contribution in [3.05, 3.63) is 28.7 Å². The Balaban J connectivity index is 1.99. The minimum atomic E-state index is -0.263. The van der Waals surface area contributed by atoms with Crippen LogP contribution in [0.1, 0.15) is 0 Å². The number of carbonyl (C=O) groups is 1. The summed E-state index contributed by atoms with van der Waals surface area (Å²) in [6, 6.07) is 7.26. The lowest BCUT2D eigenvalue weighted by molar-refractivity contribution is -0.120. The molecule has 86 valence electrons. The van der Waals surface area contributed by atoms with E-state index in [0.29, 0.717) is 19.8 Å². The van der Waals surface area contributed by atoms with Crippen LogP contribution in [0.4, 0.5) is 5.69 Å². The SMILES string of the molecule is O=C(Nc1ccccc1Br)C1COCCN1. The highest BCUT2D eigenvalue weighted by atomic mass is 79.9. The number of ether oxygens (including phenoxy) is 1. The van der Waals surface area contributed by atoms with E-state index in [4.69, 9.17) is 4.74 Å². The quantitative estimate of drug-likeness (QED) is 0.863. The second-order valence-corrected chi connectivity index (χ2v) is 4.41. The molecule has 0 radical (unpaired) electrons. The summed E-state index contributed by atoms with van der Waals surface area (Å²) < 4.78 is 6.11. The van der Waals surface area contributed by atoms with Gasteiger partial charge in [0.05, 0.1) is 18.9 Å². The Morgan fingerprint density at radius 2 is 2.31 bits per heavy atom. The van der Waals surface area contributed by atoms with Crippen molar-refractivity contribution < 1.29 is 9.53 Å².